The molecule has 176 valence electrons. The standard InChI is InChI=1S/C25H35NO6/c1-5-6-7-8-9-10-11-15-19(3)23(28)22-20(27)17-21(32-24(22)29)18(2)14-12-13-16-26-25(30)31-4/h10-11,13,15-18,27H,5-9,12,14H2,1-4H3,(H,26,30)/b11-10+,16-13+,19-15+/t18-/m1/s1. The van der Waals surface area contributed by atoms with Crippen molar-refractivity contribution in [2.75, 3.05) is 7.11 Å². The molecule has 2 N–H and O–H groups in total. The SMILES string of the molecule is CCCCCC/C=C/C=C(\C)C(=O)c1c(O)cc([C@H](C)CC/C=C/NC(=O)OC)oc1=O. The van der Waals surface area contributed by atoms with E-state index in [0.29, 0.717) is 24.2 Å². The van der Waals surface area contributed by atoms with Gasteiger partial charge in [-0.05, 0) is 38.2 Å². The highest BCUT2D eigenvalue weighted by Crippen LogP contribution is 2.25. The van der Waals surface area contributed by atoms with Crippen LogP contribution >= 0.6 is 0 Å². The van der Waals surface area contributed by atoms with Crippen LogP contribution < -0.4 is 10.9 Å². The molecule has 0 aliphatic carbocycles. The Labute approximate surface area is 189 Å². The normalized spacial score (nSPS) is 12.9. The average molecular weight is 446 g/mol. The van der Waals surface area contributed by atoms with Gasteiger partial charge in [0, 0.05) is 18.2 Å². The molecule has 0 fully saturated rings. The molecule has 0 unspecified atom stereocenters. The van der Waals surface area contributed by atoms with Gasteiger partial charge in [0.15, 0.2) is 5.78 Å². The molecule has 0 spiro atoms. The van der Waals surface area contributed by atoms with Crippen LogP contribution in [0.3, 0.4) is 0 Å². The Balaban J connectivity index is 2.74. The Morgan fingerprint density at radius 2 is 1.97 bits per heavy atom. The van der Waals surface area contributed by atoms with Crippen LogP contribution in [-0.4, -0.2) is 24.1 Å². The highest BCUT2D eigenvalue weighted by atomic mass is 16.5. The summed E-state index contributed by atoms with van der Waals surface area (Å²) in [7, 11) is 1.28. The summed E-state index contributed by atoms with van der Waals surface area (Å²) in [4.78, 5) is 36.0. The molecule has 7 heteroatoms. The van der Waals surface area contributed by atoms with Crippen LogP contribution in [0, 0.1) is 0 Å². The fourth-order valence-corrected chi connectivity index (χ4v) is 2.98. The first kappa shape index (κ1) is 26.9. The minimum Gasteiger partial charge on any atom is -0.507 e. The topological polar surface area (TPSA) is 106 Å². The summed E-state index contributed by atoms with van der Waals surface area (Å²) in [6.45, 7) is 5.61. The zero-order valence-corrected chi connectivity index (χ0v) is 19.5. The zero-order valence-electron chi connectivity index (χ0n) is 19.5. The second-order valence-electron chi connectivity index (χ2n) is 7.67. The Morgan fingerprint density at radius 3 is 2.62 bits per heavy atom. The third kappa shape index (κ3) is 9.37. The Hall–Kier alpha value is -3.09. The molecule has 1 heterocycles. The number of ether oxygens (including phenoxy) is 1. The van der Waals surface area contributed by atoms with E-state index in [0.717, 1.165) is 12.8 Å². The Morgan fingerprint density at radius 1 is 1.22 bits per heavy atom. The van der Waals surface area contributed by atoms with Gasteiger partial charge in [0.1, 0.15) is 17.1 Å². The van der Waals surface area contributed by atoms with Crippen molar-refractivity contribution >= 4 is 11.9 Å². The molecule has 7 nitrogen and oxygen atoms in total. The summed E-state index contributed by atoms with van der Waals surface area (Å²) in [5.41, 5.74) is -0.856. The number of ketones is 1. The second kappa shape index (κ2) is 14.8. The van der Waals surface area contributed by atoms with Gasteiger partial charge < -0.3 is 14.3 Å². The van der Waals surface area contributed by atoms with E-state index in [1.165, 1.54) is 38.6 Å². The molecule has 32 heavy (non-hydrogen) atoms. The number of carbonyl (C=O) groups excluding carboxylic acids is 2. The summed E-state index contributed by atoms with van der Waals surface area (Å²) in [5, 5.41) is 12.8. The van der Waals surface area contributed by atoms with Gasteiger partial charge in [0.05, 0.1) is 7.11 Å². The highest BCUT2D eigenvalue weighted by Gasteiger charge is 2.21. The Kier molecular flexibility index (Phi) is 12.5. The van der Waals surface area contributed by atoms with Gasteiger partial charge in [-0.15, -0.1) is 0 Å². The van der Waals surface area contributed by atoms with E-state index in [1.807, 2.05) is 13.0 Å². The smallest absolute Gasteiger partial charge is 0.410 e. The van der Waals surface area contributed by atoms with Gasteiger partial charge in [0.2, 0.25) is 0 Å². The molecule has 0 bridgehead atoms. The van der Waals surface area contributed by atoms with Gasteiger partial charge >= 0.3 is 11.7 Å². The van der Waals surface area contributed by atoms with E-state index in [4.69, 9.17) is 4.42 Å². The quantitative estimate of drug-likeness (QED) is 0.173. The predicted molar refractivity (Wildman–Crippen MR) is 125 cm³/mol. The summed E-state index contributed by atoms with van der Waals surface area (Å²) >= 11 is 0. The van der Waals surface area contributed by atoms with E-state index in [-0.39, 0.29) is 17.2 Å². The van der Waals surface area contributed by atoms with Crippen molar-refractivity contribution in [2.24, 2.45) is 0 Å². The maximum Gasteiger partial charge on any atom is 0.410 e. The zero-order chi connectivity index (χ0) is 23.9. The van der Waals surface area contributed by atoms with E-state index < -0.39 is 17.5 Å². The van der Waals surface area contributed by atoms with Crippen LogP contribution in [0.25, 0.3) is 0 Å². The lowest BCUT2D eigenvalue weighted by Gasteiger charge is -2.11. The number of Topliss-reactive ketones (excluding diaryl/α,β-unsaturated/α-hetero) is 1. The number of unbranched alkanes of at least 4 members (excludes halogenated alkanes) is 4. The minimum atomic E-state index is -0.851. The predicted octanol–water partition coefficient (Wildman–Crippen LogP) is 5.75. The number of alkyl carbamates (subject to hydrolysis) is 1. The molecule has 0 aliphatic heterocycles. The molecule has 1 aromatic heterocycles. The molecule has 1 atom stereocenters. The van der Waals surface area contributed by atoms with Crippen molar-refractivity contribution in [3.8, 4) is 5.75 Å². The van der Waals surface area contributed by atoms with E-state index in [2.05, 4.69) is 17.0 Å². The van der Waals surface area contributed by atoms with E-state index in [1.54, 1.807) is 25.2 Å². The molecule has 1 amide bonds. The van der Waals surface area contributed by atoms with Gasteiger partial charge in [-0.1, -0.05) is 57.4 Å². The highest BCUT2D eigenvalue weighted by molar-refractivity contribution is 6.09. The van der Waals surface area contributed by atoms with Crippen molar-refractivity contribution in [3.63, 3.8) is 0 Å². The van der Waals surface area contributed by atoms with Crippen molar-refractivity contribution in [2.45, 2.75) is 71.6 Å². The molecule has 0 radical (unpaired) electrons. The molecular formula is C25H35NO6. The number of methoxy groups -OCH3 is 1. The largest absolute Gasteiger partial charge is 0.507 e. The monoisotopic (exact) mass is 445 g/mol. The van der Waals surface area contributed by atoms with Crippen LogP contribution in [0.1, 0.15) is 87.8 Å². The molecule has 0 aliphatic rings. The lowest BCUT2D eigenvalue weighted by molar-refractivity contribution is 0.102. The molecule has 0 saturated carbocycles. The number of carbonyl (C=O) groups is 2. The van der Waals surface area contributed by atoms with Crippen LogP contribution in [0.4, 0.5) is 4.79 Å². The Bertz CT molecular complexity index is 894. The maximum absolute atomic E-state index is 12.6. The van der Waals surface area contributed by atoms with E-state index in [9.17, 15) is 19.5 Å². The maximum atomic E-state index is 12.6. The van der Waals surface area contributed by atoms with Crippen LogP contribution in [0.15, 0.2) is 51.4 Å². The van der Waals surface area contributed by atoms with E-state index >= 15 is 0 Å². The van der Waals surface area contributed by atoms with Gasteiger partial charge in [-0.2, -0.15) is 0 Å². The molecule has 0 saturated heterocycles. The molecule has 1 aromatic rings. The van der Waals surface area contributed by atoms with Crippen LogP contribution in [-0.2, 0) is 4.74 Å². The first-order valence-electron chi connectivity index (χ1n) is 11.1. The average Bonchev–Trinajstić information content (AvgIpc) is 2.77. The number of rotatable bonds is 13. The van der Waals surface area contributed by atoms with Crippen LogP contribution in [0.2, 0.25) is 0 Å². The van der Waals surface area contributed by atoms with Gasteiger partial charge in [-0.25, -0.2) is 9.59 Å². The molecule has 0 aromatic carbocycles. The molecular weight excluding hydrogens is 410 g/mol. The number of nitrogens with one attached hydrogen (secondary N) is 1. The number of aromatic hydroxyl groups is 1. The van der Waals surface area contributed by atoms with Crippen LogP contribution in [0.5, 0.6) is 5.75 Å². The lowest BCUT2D eigenvalue weighted by atomic mass is 10.00. The lowest BCUT2D eigenvalue weighted by Crippen LogP contribution is -2.16. The van der Waals surface area contributed by atoms with Gasteiger partial charge in [0.25, 0.3) is 0 Å². The second-order valence-corrected chi connectivity index (χ2v) is 7.67. The van der Waals surface area contributed by atoms with Gasteiger partial charge in [-0.3, -0.25) is 10.1 Å². The summed E-state index contributed by atoms with van der Waals surface area (Å²) in [6, 6.07) is 1.33. The van der Waals surface area contributed by atoms with Crippen molar-refractivity contribution in [1.82, 2.24) is 5.32 Å². The number of amides is 1. The molecule has 1 rings (SSSR count). The number of hydrogen-bond acceptors (Lipinski definition) is 6. The fourth-order valence-electron chi connectivity index (χ4n) is 2.98. The third-order valence-electron chi connectivity index (χ3n) is 5.00. The van der Waals surface area contributed by atoms with Crippen molar-refractivity contribution in [3.05, 3.63) is 63.9 Å². The summed E-state index contributed by atoms with van der Waals surface area (Å²) in [5.74, 6) is -0.810. The summed E-state index contributed by atoms with van der Waals surface area (Å²) in [6.07, 6.45) is 14.9. The third-order valence-corrected chi connectivity index (χ3v) is 5.00. The van der Waals surface area contributed by atoms with Crippen molar-refractivity contribution in [1.29, 1.82) is 0 Å². The fraction of sp³-hybridized carbons (Fsp3) is 0.480. The first-order chi connectivity index (χ1) is 15.3. The van der Waals surface area contributed by atoms with Crippen molar-refractivity contribution < 1.29 is 23.8 Å². The first-order valence-corrected chi connectivity index (χ1v) is 11.1. The number of allylic oxidation sites excluding steroid dienone is 5. The minimum absolute atomic E-state index is 0.173. The number of hydrogen-bond donors (Lipinski definition) is 2. The summed E-state index contributed by atoms with van der Waals surface area (Å²) < 4.78 is 9.77.